The Morgan fingerprint density at radius 3 is 2.80 bits per heavy atom. The van der Waals surface area contributed by atoms with Gasteiger partial charge in [0.2, 0.25) is 0 Å². The maximum Gasteiger partial charge on any atom is 0.166 e. The third-order valence-corrected chi connectivity index (χ3v) is 2.35. The van der Waals surface area contributed by atoms with Gasteiger partial charge < -0.3 is 10.6 Å². The fourth-order valence-corrected chi connectivity index (χ4v) is 1.48. The fourth-order valence-electron chi connectivity index (χ4n) is 1.30. The van der Waals surface area contributed by atoms with Crippen molar-refractivity contribution in [3.63, 3.8) is 0 Å². The van der Waals surface area contributed by atoms with E-state index >= 15 is 0 Å². The zero-order valence-corrected chi connectivity index (χ0v) is 10.3. The molecule has 1 heterocycles. The van der Waals surface area contributed by atoms with E-state index in [9.17, 15) is 0 Å². The molecular formula is C10H18N4S. The van der Waals surface area contributed by atoms with Crippen LogP contribution in [0.5, 0.6) is 0 Å². The SMILES string of the molecule is CCCNC(=S)NCc1cc(C)nn1C. The van der Waals surface area contributed by atoms with Crippen LogP contribution in [-0.2, 0) is 13.6 Å². The van der Waals surface area contributed by atoms with E-state index in [0.29, 0.717) is 11.7 Å². The van der Waals surface area contributed by atoms with Gasteiger partial charge in [0, 0.05) is 13.6 Å². The highest BCUT2D eigenvalue weighted by Gasteiger charge is 2.01. The van der Waals surface area contributed by atoms with Crippen LogP contribution in [0.3, 0.4) is 0 Å². The van der Waals surface area contributed by atoms with Gasteiger partial charge in [-0.3, -0.25) is 4.68 Å². The number of nitrogens with zero attached hydrogens (tertiary/aromatic N) is 2. The Kier molecular flexibility index (Phi) is 4.55. The third-order valence-electron chi connectivity index (χ3n) is 2.06. The van der Waals surface area contributed by atoms with Crippen molar-refractivity contribution in [2.75, 3.05) is 6.54 Å². The van der Waals surface area contributed by atoms with Gasteiger partial charge in [0.05, 0.1) is 17.9 Å². The van der Waals surface area contributed by atoms with Gasteiger partial charge in [-0.15, -0.1) is 0 Å². The lowest BCUT2D eigenvalue weighted by Crippen LogP contribution is -2.35. The molecule has 1 rings (SSSR count). The minimum Gasteiger partial charge on any atom is -0.363 e. The van der Waals surface area contributed by atoms with Crippen LogP contribution in [0.25, 0.3) is 0 Å². The molecule has 0 saturated heterocycles. The van der Waals surface area contributed by atoms with E-state index < -0.39 is 0 Å². The molecule has 0 saturated carbocycles. The predicted molar refractivity (Wildman–Crippen MR) is 65.7 cm³/mol. The van der Waals surface area contributed by atoms with Crippen LogP contribution in [0.1, 0.15) is 24.7 Å². The first-order chi connectivity index (χ1) is 7.13. The van der Waals surface area contributed by atoms with E-state index in [0.717, 1.165) is 24.4 Å². The Morgan fingerprint density at radius 1 is 1.53 bits per heavy atom. The van der Waals surface area contributed by atoms with Crippen molar-refractivity contribution in [3.05, 3.63) is 17.5 Å². The van der Waals surface area contributed by atoms with Crippen LogP contribution in [0.4, 0.5) is 0 Å². The summed E-state index contributed by atoms with van der Waals surface area (Å²) >= 11 is 5.12. The van der Waals surface area contributed by atoms with Crippen LogP contribution >= 0.6 is 12.2 Å². The molecular weight excluding hydrogens is 208 g/mol. The maximum atomic E-state index is 5.12. The molecule has 15 heavy (non-hydrogen) atoms. The zero-order valence-electron chi connectivity index (χ0n) is 9.50. The Hall–Kier alpha value is -1.10. The molecule has 0 atom stereocenters. The quantitative estimate of drug-likeness (QED) is 0.755. The Morgan fingerprint density at radius 2 is 2.27 bits per heavy atom. The summed E-state index contributed by atoms with van der Waals surface area (Å²) in [6.45, 7) is 5.72. The number of nitrogens with one attached hydrogen (secondary N) is 2. The normalized spacial score (nSPS) is 10.1. The van der Waals surface area contributed by atoms with E-state index in [1.807, 2.05) is 18.7 Å². The van der Waals surface area contributed by atoms with Crippen molar-refractivity contribution in [1.82, 2.24) is 20.4 Å². The molecule has 0 aliphatic carbocycles. The summed E-state index contributed by atoms with van der Waals surface area (Å²) in [5.41, 5.74) is 2.16. The lowest BCUT2D eigenvalue weighted by molar-refractivity contribution is 0.683. The van der Waals surface area contributed by atoms with Crippen LogP contribution in [0.2, 0.25) is 0 Å². The first-order valence-electron chi connectivity index (χ1n) is 5.14. The van der Waals surface area contributed by atoms with Gasteiger partial charge >= 0.3 is 0 Å². The summed E-state index contributed by atoms with van der Waals surface area (Å²) in [7, 11) is 1.94. The lowest BCUT2D eigenvalue weighted by atomic mass is 10.4. The first kappa shape index (κ1) is 12.0. The molecule has 5 heteroatoms. The van der Waals surface area contributed by atoms with Gasteiger partial charge in [-0.2, -0.15) is 5.10 Å². The fraction of sp³-hybridized carbons (Fsp3) is 0.600. The molecule has 84 valence electrons. The van der Waals surface area contributed by atoms with Crippen LogP contribution < -0.4 is 10.6 Å². The minimum absolute atomic E-state index is 0.704. The van der Waals surface area contributed by atoms with Crippen LogP contribution in [-0.4, -0.2) is 21.4 Å². The van der Waals surface area contributed by atoms with Gasteiger partial charge in [-0.1, -0.05) is 6.92 Å². The number of hydrogen-bond donors (Lipinski definition) is 2. The van der Waals surface area contributed by atoms with Crippen molar-refractivity contribution in [2.45, 2.75) is 26.8 Å². The Balaban J connectivity index is 2.36. The van der Waals surface area contributed by atoms with Gasteiger partial charge in [-0.05, 0) is 31.6 Å². The average molecular weight is 226 g/mol. The van der Waals surface area contributed by atoms with Crippen molar-refractivity contribution < 1.29 is 0 Å². The molecule has 1 aromatic heterocycles. The highest BCUT2D eigenvalue weighted by atomic mass is 32.1. The molecule has 2 N–H and O–H groups in total. The summed E-state index contributed by atoms with van der Waals surface area (Å²) < 4.78 is 1.87. The summed E-state index contributed by atoms with van der Waals surface area (Å²) in [6, 6.07) is 2.05. The smallest absolute Gasteiger partial charge is 0.166 e. The number of aromatic nitrogens is 2. The molecule has 4 nitrogen and oxygen atoms in total. The molecule has 0 aliphatic rings. The number of thiocarbonyl (C=S) groups is 1. The molecule has 0 spiro atoms. The van der Waals surface area contributed by atoms with E-state index in [4.69, 9.17) is 12.2 Å². The molecule has 0 unspecified atom stereocenters. The van der Waals surface area contributed by atoms with Gasteiger partial charge in [0.15, 0.2) is 5.11 Å². The van der Waals surface area contributed by atoms with Crippen LogP contribution in [0, 0.1) is 6.92 Å². The number of hydrogen-bond acceptors (Lipinski definition) is 2. The summed E-state index contributed by atoms with van der Waals surface area (Å²) in [4.78, 5) is 0. The molecule has 1 aromatic rings. The second kappa shape index (κ2) is 5.70. The predicted octanol–water partition coefficient (Wildman–Crippen LogP) is 1.10. The highest BCUT2D eigenvalue weighted by molar-refractivity contribution is 7.80. The molecule has 0 bridgehead atoms. The molecule has 0 aromatic carbocycles. The monoisotopic (exact) mass is 226 g/mol. The summed E-state index contributed by atoms with van der Waals surface area (Å²) in [6.07, 6.45) is 1.08. The Labute approximate surface area is 96.1 Å². The highest BCUT2D eigenvalue weighted by Crippen LogP contribution is 2.00. The second-order valence-corrected chi connectivity index (χ2v) is 3.92. The van der Waals surface area contributed by atoms with Crippen molar-refractivity contribution in [2.24, 2.45) is 7.05 Å². The number of rotatable bonds is 4. The third kappa shape index (κ3) is 3.87. The molecule has 0 fully saturated rings. The largest absolute Gasteiger partial charge is 0.363 e. The molecule has 0 aliphatic heterocycles. The van der Waals surface area contributed by atoms with E-state index in [2.05, 4.69) is 28.7 Å². The molecule has 0 amide bonds. The average Bonchev–Trinajstić information content (AvgIpc) is 2.51. The van der Waals surface area contributed by atoms with Crippen molar-refractivity contribution in [3.8, 4) is 0 Å². The van der Waals surface area contributed by atoms with Gasteiger partial charge in [-0.25, -0.2) is 0 Å². The van der Waals surface area contributed by atoms with E-state index in [1.165, 1.54) is 0 Å². The van der Waals surface area contributed by atoms with Crippen LogP contribution in [0.15, 0.2) is 6.07 Å². The second-order valence-electron chi connectivity index (χ2n) is 3.51. The van der Waals surface area contributed by atoms with E-state index in [-0.39, 0.29) is 0 Å². The zero-order chi connectivity index (χ0) is 11.3. The van der Waals surface area contributed by atoms with Gasteiger partial charge in [0.25, 0.3) is 0 Å². The minimum atomic E-state index is 0.704. The summed E-state index contributed by atoms with van der Waals surface area (Å²) in [5, 5.41) is 11.2. The first-order valence-corrected chi connectivity index (χ1v) is 5.55. The molecule has 0 radical (unpaired) electrons. The van der Waals surface area contributed by atoms with E-state index in [1.54, 1.807) is 0 Å². The van der Waals surface area contributed by atoms with Gasteiger partial charge in [0.1, 0.15) is 0 Å². The maximum absolute atomic E-state index is 5.12. The Bertz CT molecular complexity index is 332. The lowest BCUT2D eigenvalue weighted by Gasteiger charge is -2.09. The topological polar surface area (TPSA) is 41.9 Å². The standard InChI is InChI=1S/C10H18N4S/c1-4-5-11-10(15)12-7-9-6-8(2)13-14(9)3/h6H,4-5,7H2,1-3H3,(H2,11,12,15). The van der Waals surface area contributed by atoms with Crippen molar-refractivity contribution >= 4 is 17.3 Å². The summed E-state index contributed by atoms with van der Waals surface area (Å²) in [5.74, 6) is 0. The number of aryl methyl sites for hydroxylation is 2. The van der Waals surface area contributed by atoms with Crippen molar-refractivity contribution in [1.29, 1.82) is 0 Å².